The number of ether oxygens (including phenoxy) is 2. The smallest absolute Gasteiger partial charge is 0.303 e. The lowest BCUT2D eigenvalue weighted by Gasteiger charge is -2.22. The lowest BCUT2D eigenvalue weighted by atomic mass is 9.99. The summed E-state index contributed by atoms with van der Waals surface area (Å²) in [6.45, 7) is 8.39. The maximum absolute atomic E-state index is 10.9. The van der Waals surface area contributed by atoms with E-state index in [1.165, 1.54) is 13.8 Å². The fourth-order valence-corrected chi connectivity index (χ4v) is 1.29. The second-order valence-corrected chi connectivity index (χ2v) is 3.79. The van der Waals surface area contributed by atoms with Crippen molar-refractivity contribution in [2.24, 2.45) is 5.92 Å². The molecule has 0 aromatic rings. The molecule has 0 saturated heterocycles. The quantitative estimate of drug-likeness (QED) is 0.494. The SMILES string of the molecule is C=CCC[C@H](C)[C@@H](COC(C)=O)OC(C)=O. The second-order valence-electron chi connectivity index (χ2n) is 3.79. The monoisotopic (exact) mass is 228 g/mol. The van der Waals surface area contributed by atoms with Crippen LogP contribution in [0.5, 0.6) is 0 Å². The Kier molecular flexibility index (Phi) is 7.25. The zero-order valence-electron chi connectivity index (χ0n) is 10.2. The van der Waals surface area contributed by atoms with E-state index in [9.17, 15) is 9.59 Å². The number of allylic oxidation sites excluding steroid dienone is 1. The summed E-state index contributed by atoms with van der Waals surface area (Å²) in [5.74, 6) is -0.586. The highest BCUT2D eigenvalue weighted by atomic mass is 16.6. The van der Waals surface area contributed by atoms with E-state index in [1.54, 1.807) is 0 Å². The minimum atomic E-state index is -0.374. The van der Waals surface area contributed by atoms with Gasteiger partial charge in [-0.3, -0.25) is 9.59 Å². The lowest BCUT2D eigenvalue weighted by molar-refractivity contribution is -0.159. The molecule has 0 aliphatic heterocycles. The van der Waals surface area contributed by atoms with Gasteiger partial charge in [-0.25, -0.2) is 0 Å². The maximum atomic E-state index is 10.9. The molecule has 4 nitrogen and oxygen atoms in total. The summed E-state index contributed by atoms with van der Waals surface area (Å²) < 4.78 is 9.97. The average Bonchev–Trinajstić information content (AvgIpc) is 2.19. The van der Waals surface area contributed by atoms with Crippen LogP contribution in [0.3, 0.4) is 0 Å². The van der Waals surface area contributed by atoms with Gasteiger partial charge in [-0.05, 0) is 18.8 Å². The maximum Gasteiger partial charge on any atom is 0.303 e. The minimum Gasteiger partial charge on any atom is -0.462 e. The molecule has 0 spiro atoms. The first-order valence-electron chi connectivity index (χ1n) is 5.38. The van der Waals surface area contributed by atoms with E-state index in [0.717, 1.165) is 12.8 Å². The van der Waals surface area contributed by atoms with Gasteiger partial charge >= 0.3 is 11.9 Å². The fourth-order valence-electron chi connectivity index (χ4n) is 1.29. The molecule has 2 atom stereocenters. The molecule has 92 valence electrons. The molecule has 0 rings (SSSR count). The van der Waals surface area contributed by atoms with Gasteiger partial charge in [0, 0.05) is 13.8 Å². The highest BCUT2D eigenvalue weighted by molar-refractivity contribution is 5.67. The fraction of sp³-hybridized carbons (Fsp3) is 0.667. The number of rotatable bonds is 7. The third kappa shape index (κ3) is 7.04. The largest absolute Gasteiger partial charge is 0.462 e. The zero-order chi connectivity index (χ0) is 12.6. The third-order valence-electron chi connectivity index (χ3n) is 2.23. The first-order valence-corrected chi connectivity index (χ1v) is 5.38. The summed E-state index contributed by atoms with van der Waals surface area (Å²) in [6, 6.07) is 0. The van der Waals surface area contributed by atoms with Crippen molar-refractivity contribution in [1.29, 1.82) is 0 Å². The van der Waals surface area contributed by atoms with Crippen LogP contribution in [0.25, 0.3) is 0 Å². The van der Waals surface area contributed by atoms with Crippen LogP contribution < -0.4 is 0 Å². The van der Waals surface area contributed by atoms with E-state index in [0.29, 0.717) is 0 Å². The van der Waals surface area contributed by atoms with Gasteiger partial charge < -0.3 is 9.47 Å². The lowest BCUT2D eigenvalue weighted by Crippen LogP contribution is -2.30. The highest BCUT2D eigenvalue weighted by Gasteiger charge is 2.21. The Bertz CT molecular complexity index is 247. The van der Waals surface area contributed by atoms with E-state index in [1.807, 2.05) is 13.0 Å². The summed E-state index contributed by atoms with van der Waals surface area (Å²) >= 11 is 0. The summed E-state index contributed by atoms with van der Waals surface area (Å²) in [6.07, 6.45) is 3.14. The molecule has 0 radical (unpaired) electrons. The molecule has 0 aromatic carbocycles. The number of carbonyl (C=O) groups is 2. The van der Waals surface area contributed by atoms with Crippen LogP contribution in [-0.2, 0) is 19.1 Å². The molecule has 0 amide bonds. The van der Waals surface area contributed by atoms with Crippen molar-refractivity contribution in [1.82, 2.24) is 0 Å². The Morgan fingerprint density at radius 1 is 1.31 bits per heavy atom. The van der Waals surface area contributed by atoms with E-state index in [2.05, 4.69) is 6.58 Å². The van der Waals surface area contributed by atoms with Gasteiger partial charge in [-0.15, -0.1) is 6.58 Å². The molecule has 0 aliphatic carbocycles. The molecule has 0 N–H and O–H groups in total. The van der Waals surface area contributed by atoms with Crippen molar-refractivity contribution in [3.8, 4) is 0 Å². The van der Waals surface area contributed by atoms with Gasteiger partial charge in [-0.2, -0.15) is 0 Å². The molecule has 0 aliphatic rings. The Morgan fingerprint density at radius 2 is 1.94 bits per heavy atom. The first kappa shape index (κ1) is 14.7. The standard InChI is InChI=1S/C12H20O4/c1-5-6-7-9(2)12(16-11(4)14)8-15-10(3)13/h5,9,12H,1,6-8H2,2-4H3/t9-,12+/m0/s1. The molecule has 4 heteroatoms. The Balaban J connectivity index is 4.21. The molecule has 0 unspecified atom stereocenters. The van der Waals surface area contributed by atoms with E-state index >= 15 is 0 Å². The van der Waals surface area contributed by atoms with Crippen LogP contribution in [0.2, 0.25) is 0 Å². The first-order chi connectivity index (χ1) is 7.47. The van der Waals surface area contributed by atoms with Gasteiger partial charge in [-0.1, -0.05) is 13.0 Å². The normalized spacial score (nSPS) is 13.7. The second kappa shape index (κ2) is 7.91. The van der Waals surface area contributed by atoms with Crippen LogP contribution in [0.1, 0.15) is 33.6 Å². The molecular weight excluding hydrogens is 208 g/mol. The molecular formula is C12H20O4. The number of hydrogen-bond donors (Lipinski definition) is 0. The van der Waals surface area contributed by atoms with Crippen molar-refractivity contribution in [3.63, 3.8) is 0 Å². The Morgan fingerprint density at radius 3 is 2.38 bits per heavy atom. The van der Waals surface area contributed by atoms with Crippen LogP contribution in [0, 0.1) is 5.92 Å². The van der Waals surface area contributed by atoms with E-state index in [-0.39, 0.29) is 30.6 Å². The summed E-state index contributed by atoms with van der Waals surface area (Å²) in [5, 5.41) is 0. The molecule has 0 heterocycles. The van der Waals surface area contributed by atoms with Crippen LogP contribution in [0.4, 0.5) is 0 Å². The van der Waals surface area contributed by atoms with E-state index < -0.39 is 0 Å². The van der Waals surface area contributed by atoms with Crippen molar-refractivity contribution < 1.29 is 19.1 Å². The van der Waals surface area contributed by atoms with Gasteiger partial charge in [0.25, 0.3) is 0 Å². The summed E-state index contributed by atoms with van der Waals surface area (Å²) in [4.78, 5) is 21.6. The predicted molar refractivity (Wildman–Crippen MR) is 60.8 cm³/mol. The van der Waals surface area contributed by atoms with E-state index in [4.69, 9.17) is 9.47 Å². The third-order valence-corrected chi connectivity index (χ3v) is 2.23. The molecule has 16 heavy (non-hydrogen) atoms. The molecule has 0 fully saturated rings. The van der Waals surface area contributed by atoms with Crippen molar-refractivity contribution >= 4 is 11.9 Å². The van der Waals surface area contributed by atoms with Crippen molar-refractivity contribution in [2.75, 3.05) is 6.61 Å². The number of esters is 2. The summed E-state index contributed by atoms with van der Waals surface area (Å²) in [7, 11) is 0. The molecule has 0 aromatic heterocycles. The average molecular weight is 228 g/mol. The van der Waals surface area contributed by atoms with Gasteiger partial charge in [0.1, 0.15) is 12.7 Å². The van der Waals surface area contributed by atoms with Crippen molar-refractivity contribution in [2.45, 2.75) is 39.7 Å². The molecule has 0 bridgehead atoms. The Hall–Kier alpha value is -1.32. The predicted octanol–water partition coefficient (Wildman–Crippen LogP) is 2.08. The topological polar surface area (TPSA) is 52.6 Å². The van der Waals surface area contributed by atoms with Gasteiger partial charge in [0.2, 0.25) is 0 Å². The molecule has 0 saturated carbocycles. The minimum absolute atomic E-state index is 0.118. The number of hydrogen-bond acceptors (Lipinski definition) is 4. The van der Waals surface area contributed by atoms with Crippen LogP contribution in [0.15, 0.2) is 12.7 Å². The highest BCUT2D eigenvalue weighted by Crippen LogP contribution is 2.15. The van der Waals surface area contributed by atoms with Gasteiger partial charge in [0.05, 0.1) is 0 Å². The van der Waals surface area contributed by atoms with Gasteiger partial charge in [0.15, 0.2) is 0 Å². The Labute approximate surface area is 96.6 Å². The van der Waals surface area contributed by atoms with Crippen molar-refractivity contribution in [3.05, 3.63) is 12.7 Å². The summed E-state index contributed by atoms with van der Waals surface area (Å²) in [5.41, 5.74) is 0. The van der Waals surface area contributed by atoms with Crippen LogP contribution >= 0.6 is 0 Å². The van der Waals surface area contributed by atoms with Crippen LogP contribution in [-0.4, -0.2) is 24.6 Å². The number of carbonyl (C=O) groups excluding carboxylic acids is 2. The zero-order valence-corrected chi connectivity index (χ0v) is 10.2.